The van der Waals surface area contributed by atoms with E-state index in [4.69, 9.17) is 0 Å². The van der Waals surface area contributed by atoms with E-state index in [1.54, 1.807) is 0 Å². The first-order chi connectivity index (χ1) is 33.2. The molecule has 3 nitrogen and oxygen atoms in total. The largest absolute Gasteiger partial charge is 0.311 e. The van der Waals surface area contributed by atoms with Crippen LogP contribution in [0.15, 0.2) is 285 Å². The van der Waals surface area contributed by atoms with Crippen LogP contribution in [0.25, 0.3) is 44.2 Å². The van der Waals surface area contributed by atoms with Crippen LogP contribution in [0.3, 0.4) is 0 Å². The highest BCUT2D eigenvalue weighted by atomic mass is 15.2. The predicted molar refractivity (Wildman–Crippen MR) is 284 cm³/mol. The number of fused-ring (bicyclic) bond motifs is 1. The Kier molecular flexibility index (Phi) is 11.4. The number of hydrogen-bond acceptors (Lipinski definition) is 3. The third-order valence-electron chi connectivity index (χ3n) is 12.5. The summed E-state index contributed by atoms with van der Waals surface area (Å²) in [6, 6.07) is 102. The van der Waals surface area contributed by atoms with Crippen molar-refractivity contribution in [2.45, 2.75) is 0 Å². The van der Waals surface area contributed by atoms with Gasteiger partial charge in [-0.05, 0) is 142 Å². The molecule has 0 atom stereocenters. The quantitative estimate of drug-likeness (QED) is 0.121. The molecule has 67 heavy (non-hydrogen) atoms. The second-order valence-electron chi connectivity index (χ2n) is 16.6. The molecule has 0 N–H and O–H groups in total. The third kappa shape index (κ3) is 8.58. The van der Waals surface area contributed by atoms with Crippen LogP contribution in [-0.2, 0) is 0 Å². The molecular weight excluding hydrogens is 811 g/mol. The zero-order chi connectivity index (χ0) is 44.8. The highest BCUT2D eigenvalue weighted by Gasteiger charge is 2.17. The van der Waals surface area contributed by atoms with Crippen molar-refractivity contribution in [2.24, 2.45) is 0 Å². The van der Waals surface area contributed by atoms with Crippen LogP contribution >= 0.6 is 0 Å². The molecule has 0 fully saturated rings. The van der Waals surface area contributed by atoms with E-state index in [0.717, 1.165) is 73.4 Å². The average Bonchev–Trinajstić information content (AvgIpc) is 3.41. The Balaban J connectivity index is 0.851. The number of para-hydroxylation sites is 3. The van der Waals surface area contributed by atoms with Crippen molar-refractivity contribution >= 4 is 62.0 Å². The Labute approximate surface area is 393 Å². The van der Waals surface area contributed by atoms with Crippen molar-refractivity contribution in [1.82, 2.24) is 0 Å². The van der Waals surface area contributed by atoms with Crippen LogP contribution in [0.5, 0.6) is 0 Å². The first kappa shape index (κ1) is 40.8. The lowest BCUT2D eigenvalue weighted by Crippen LogP contribution is -2.10. The van der Waals surface area contributed by atoms with Gasteiger partial charge in [-0.15, -0.1) is 0 Å². The van der Waals surface area contributed by atoms with Gasteiger partial charge in [0.05, 0.1) is 5.69 Å². The van der Waals surface area contributed by atoms with Gasteiger partial charge in [0.2, 0.25) is 0 Å². The van der Waals surface area contributed by atoms with Crippen LogP contribution in [0.1, 0.15) is 0 Å². The molecule has 0 aliphatic rings. The maximum absolute atomic E-state index is 2.35. The minimum atomic E-state index is 1.09. The lowest BCUT2D eigenvalue weighted by Gasteiger charge is -2.27. The Morgan fingerprint density at radius 1 is 0.164 bits per heavy atom. The Hall–Kier alpha value is -8.92. The fourth-order valence-electron chi connectivity index (χ4n) is 9.10. The summed E-state index contributed by atoms with van der Waals surface area (Å²) in [7, 11) is 0. The topological polar surface area (TPSA) is 9.72 Å². The van der Waals surface area contributed by atoms with E-state index in [0.29, 0.717) is 0 Å². The minimum absolute atomic E-state index is 1.09. The van der Waals surface area contributed by atoms with Gasteiger partial charge in [-0.3, -0.25) is 0 Å². The minimum Gasteiger partial charge on any atom is -0.311 e. The molecule has 0 aromatic heterocycles. The van der Waals surface area contributed by atoms with Crippen molar-refractivity contribution < 1.29 is 0 Å². The van der Waals surface area contributed by atoms with Gasteiger partial charge in [-0.1, -0.05) is 182 Å². The normalized spacial score (nSPS) is 11.0. The molecule has 318 valence electrons. The summed E-state index contributed by atoms with van der Waals surface area (Å²) >= 11 is 0. The van der Waals surface area contributed by atoms with Crippen LogP contribution in [0.4, 0.5) is 51.2 Å². The smallest absolute Gasteiger partial charge is 0.0540 e. The van der Waals surface area contributed by atoms with E-state index in [1.807, 2.05) is 0 Å². The average molecular weight is 858 g/mol. The Morgan fingerprint density at radius 3 is 0.791 bits per heavy atom. The summed E-state index contributed by atoms with van der Waals surface area (Å²) in [5, 5.41) is 2.44. The molecule has 11 aromatic carbocycles. The molecule has 0 unspecified atom stereocenters. The second-order valence-corrected chi connectivity index (χ2v) is 16.6. The lowest BCUT2D eigenvalue weighted by molar-refractivity contribution is 1.28. The van der Waals surface area contributed by atoms with Crippen LogP contribution in [0, 0.1) is 0 Å². The van der Waals surface area contributed by atoms with Crippen molar-refractivity contribution in [3.63, 3.8) is 0 Å². The fraction of sp³-hybridized carbons (Fsp3) is 0. The SMILES string of the molecule is c1ccc(-c2ccc(N(c3ccccc3)c3ccc(-c4ccc(N(c5ccccc5)c5ccc(-c6ccc(N(c7ccccc7)c7cccc8ccccc78)cc6)cc5)cc4)cc3)cc2)cc1. The number of benzene rings is 11. The molecule has 3 heteroatoms. The summed E-state index contributed by atoms with van der Waals surface area (Å²) in [6.45, 7) is 0. The van der Waals surface area contributed by atoms with Crippen molar-refractivity contribution in [3.8, 4) is 33.4 Å². The molecule has 0 radical (unpaired) electrons. The second kappa shape index (κ2) is 18.7. The molecule has 11 aromatic rings. The lowest BCUT2D eigenvalue weighted by atomic mass is 10.0. The van der Waals surface area contributed by atoms with Crippen LogP contribution in [0.2, 0.25) is 0 Å². The molecule has 0 heterocycles. The Morgan fingerprint density at radius 2 is 0.418 bits per heavy atom. The van der Waals surface area contributed by atoms with Gasteiger partial charge in [0.25, 0.3) is 0 Å². The van der Waals surface area contributed by atoms with E-state index >= 15 is 0 Å². The standard InChI is InChI=1S/C64H47N3/c1-5-16-48(17-6-1)49-28-38-58(39-29-49)65(55-20-7-2-8-21-55)59-40-30-50(31-41-59)51-32-42-60(43-33-51)66(56-22-9-3-10-23-56)61-44-34-52(35-45-61)53-36-46-62(47-37-53)67(57-24-11-4-12-25-57)64-27-15-19-54-18-13-14-26-63(54)64/h1-47H. The van der Waals surface area contributed by atoms with E-state index in [1.165, 1.54) is 21.9 Å². The molecule has 0 saturated carbocycles. The van der Waals surface area contributed by atoms with Gasteiger partial charge in [-0.25, -0.2) is 0 Å². The van der Waals surface area contributed by atoms with Crippen molar-refractivity contribution in [1.29, 1.82) is 0 Å². The zero-order valence-electron chi connectivity index (χ0n) is 37.0. The highest BCUT2D eigenvalue weighted by molar-refractivity contribution is 5.99. The van der Waals surface area contributed by atoms with Gasteiger partial charge in [0, 0.05) is 50.9 Å². The molecule has 0 amide bonds. The van der Waals surface area contributed by atoms with E-state index in [9.17, 15) is 0 Å². The zero-order valence-corrected chi connectivity index (χ0v) is 37.0. The molecule has 11 rings (SSSR count). The predicted octanol–water partition coefficient (Wildman–Crippen LogP) is 18.3. The molecule has 0 bridgehead atoms. The van der Waals surface area contributed by atoms with Crippen molar-refractivity contribution in [3.05, 3.63) is 285 Å². The van der Waals surface area contributed by atoms with E-state index in [2.05, 4.69) is 300 Å². The fourth-order valence-corrected chi connectivity index (χ4v) is 9.10. The number of nitrogens with zero attached hydrogens (tertiary/aromatic N) is 3. The monoisotopic (exact) mass is 857 g/mol. The van der Waals surface area contributed by atoms with E-state index < -0.39 is 0 Å². The number of anilines is 9. The van der Waals surface area contributed by atoms with Crippen LogP contribution in [-0.4, -0.2) is 0 Å². The summed E-state index contributed by atoms with van der Waals surface area (Å²) < 4.78 is 0. The summed E-state index contributed by atoms with van der Waals surface area (Å²) in [5.41, 5.74) is 17.0. The van der Waals surface area contributed by atoms with Crippen LogP contribution < -0.4 is 14.7 Å². The Bertz CT molecular complexity index is 3330. The van der Waals surface area contributed by atoms with Gasteiger partial charge in [-0.2, -0.15) is 0 Å². The van der Waals surface area contributed by atoms with E-state index in [-0.39, 0.29) is 0 Å². The summed E-state index contributed by atoms with van der Waals surface area (Å²) in [5.74, 6) is 0. The third-order valence-corrected chi connectivity index (χ3v) is 12.5. The van der Waals surface area contributed by atoms with Crippen molar-refractivity contribution in [2.75, 3.05) is 14.7 Å². The van der Waals surface area contributed by atoms with Gasteiger partial charge in [0.1, 0.15) is 0 Å². The first-order valence-corrected chi connectivity index (χ1v) is 22.8. The van der Waals surface area contributed by atoms with Gasteiger partial charge < -0.3 is 14.7 Å². The number of rotatable bonds is 12. The maximum Gasteiger partial charge on any atom is 0.0540 e. The highest BCUT2D eigenvalue weighted by Crippen LogP contribution is 2.42. The molecule has 0 aliphatic heterocycles. The summed E-state index contributed by atoms with van der Waals surface area (Å²) in [6.07, 6.45) is 0. The first-order valence-electron chi connectivity index (χ1n) is 22.8. The molecule has 0 spiro atoms. The van der Waals surface area contributed by atoms with Gasteiger partial charge >= 0.3 is 0 Å². The molecular formula is C64H47N3. The summed E-state index contributed by atoms with van der Waals surface area (Å²) in [4.78, 5) is 6.98. The molecule has 0 saturated heterocycles. The van der Waals surface area contributed by atoms with Gasteiger partial charge in [0.15, 0.2) is 0 Å². The molecule has 0 aliphatic carbocycles. The number of hydrogen-bond donors (Lipinski definition) is 0. The maximum atomic E-state index is 2.35.